The topological polar surface area (TPSA) is 61.8 Å². The number of rotatable bonds is 5. The number of nitrogens with zero attached hydrogens (tertiary/aromatic N) is 1. The summed E-state index contributed by atoms with van der Waals surface area (Å²) < 4.78 is 18.6. The van der Waals surface area contributed by atoms with E-state index in [2.05, 4.69) is 5.32 Å². The summed E-state index contributed by atoms with van der Waals surface area (Å²) in [4.78, 5) is 13.0. The first-order valence-corrected chi connectivity index (χ1v) is 6.21. The molecular weight excluding hydrogens is 251 g/mol. The zero-order valence-corrected chi connectivity index (χ0v) is 10.7. The summed E-state index contributed by atoms with van der Waals surface area (Å²) in [5.41, 5.74) is 0.408. The molecule has 0 aliphatic carbocycles. The van der Waals surface area contributed by atoms with Crippen molar-refractivity contribution in [3.8, 4) is 5.75 Å². The van der Waals surface area contributed by atoms with Crippen LogP contribution in [-0.4, -0.2) is 42.3 Å². The maximum absolute atomic E-state index is 13.1. The molecule has 1 aliphatic heterocycles. The molecule has 0 aromatic heterocycles. The van der Waals surface area contributed by atoms with Gasteiger partial charge in [-0.15, -0.1) is 0 Å². The van der Waals surface area contributed by atoms with Crippen LogP contribution in [0, 0.1) is 5.82 Å². The van der Waals surface area contributed by atoms with Crippen molar-refractivity contribution >= 4 is 6.03 Å². The molecule has 0 spiro atoms. The lowest BCUT2D eigenvalue weighted by Gasteiger charge is -2.17. The number of hydrogen-bond acceptors (Lipinski definition) is 3. The van der Waals surface area contributed by atoms with Gasteiger partial charge in [0.2, 0.25) is 0 Å². The van der Waals surface area contributed by atoms with E-state index in [1.54, 1.807) is 11.8 Å². The molecule has 104 valence electrons. The number of halogens is 1. The van der Waals surface area contributed by atoms with Gasteiger partial charge in [-0.05, 0) is 25.1 Å². The highest BCUT2D eigenvalue weighted by Crippen LogP contribution is 2.25. The van der Waals surface area contributed by atoms with Gasteiger partial charge in [0.05, 0.1) is 12.6 Å². The summed E-state index contributed by atoms with van der Waals surface area (Å²) in [6, 6.07) is 3.92. The molecule has 0 saturated carbocycles. The third-order valence-corrected chi connectivity index (χ3v) is 2.99. The van der Waals surface area contributed by atoms with E-state index < -0.39 is 11.9 Å². The fourth-order valence-corrected chi connectivity index (χ4v) is 1.97. The van der Waals surface area contributed by atoms with E-state index >= 15 is 0 Å². The van der Waals surface area contributed by atoms with E-state index in [1.807, 2.05) is 0 Å². The lowest BCUT2D eigenvalue weighted by atomic mass is 10.1. The highest BCUT2D eigenvalue weighted by Gasteiger charge is 2.19. The third kappa shape index (κ3) is 3.35. The third-order valence-electron chi connectivity index (χ3n) is 2.99. The largest absolute Gasteiger partial charge is 0.491 e. The summed E-state index contributed by atoms with van der Waals surface area (Å²) in [5.74, 6) is 0.0261. The van der Waals surface area contributed by atoms with Gasteiger partial charge in [-0.1, -0.05) is 0 Å². The van der Waals surface area contributed by atoms with Gasteiger partial charge in [0.1, 0.15) is 18.2 Å². The molecule has 2 N–H and O–H groups in total. The van der Waals surface area contributed by atoms with Crippen LogP contribution in [0.4, 0.5) is 9.18 Å². The summed E-state index contributed by atoms with van der Waals surface area (Å²) in [5, 5.41) is 12.3. The fourth-order valence-electron chi connectivity index (χ4n) is 1.97. The van der Waals surface area contributed by atoms with Crippen LogP contribution in [0.1, 0.15) is 18.6 Å². The minimum Gasteiger partial charge on any atom is -0.491 e. The van der Waals surface area contributed by atoms with Crippen LogP contribution >= 0.6 is 0 Å². The number of ether oxygens (including phenoxy) is 1. The molecule has 0 radical (unpaired) electrons. The Labute approximate surface area is 111 Å². The lowest BCUT2D eigenvalue weighted by Crippen LogP contribution is -2.31. The van der Waals surface area contributed by atoms with Crippen LogP contribution in [0.25, 0.3) is 0 Å². The molecule has 1 aliphatic rings. The quantitative estimate of drug-likeness (QED) is 0.845. The smallest absolute Gasteiger partial charge is 0.317 e. The molecule has 1 atom stereocenters. The Morgan fingerprint density at radius 1 is 1.58 bits per heavy atom. The number of urea groups is 1. The summed E-state index contributed by atoms with van der Waals surface area (Å²) in [6.45, 7) is 3.62. The molecule has 6 heteroatoms. The first-order valence-electron chi connectivity index (χ1n) is 6.21. The number of aliphatic hydroxyl groups excluding tert-OH is 1. The minimum atomic E-state index is -0.805. The van der Waals surface area contributed by atoms with Crippen LogP contribution in [0.5, 0.6) is 5.75 Å². The van der Waals surface area contributed by atoms with E-state index in [0.717, 1.165) is 0 Å². The van der Waals surface area contributed by atoms with Crippen molar-refractivity contribution in [2.75, 3.05) is 26.2 Å². The number of carbonyl (C=O) groups is 1. The molecule has 0 bridgehead atoms. The fraction of sp³-hybridized carbons (Fsp3) is 0.462. The average Bonchev–Trinajstić information content (AvgIpc) is 2.77. The van der Waals surface area contributed by atoms with E-state index in [0.29, 0.717) is 37.6 Å². The van der Waals surface area contributed by atoms with Crippen molar-refractivity contribution < 1.29 is 19.0 Å². The summed E-state index contributed by atoms with van der Waals surface area (Å²) in [7, 11) is 0. The van der Waals surface area contributed by atoms with Gasteiger partial charge in [-0.25, -0.2) is 9.18 Å². The monoisotopic (exact) mass is 268 g/mol. The first kappa shape index (κ1) is 13.6. The maximum Gasteiger partial charge on any atom is 0.317 e. The van der Waals surface area contributed by atoms with Gasteiger partial charge in [0.15, 0.2) is 0 Å². The molecule has 2 amide bonds. The minimum absolute atomic E-state index is 0.0987. The Morgan fingerprint density at radius 2 is 2.37 bits per heavy atom. The van der Waals surface area contributed by atoms with Crippen molar-refractivity contribution in [3.05, 3.63) is 29.6 Å². The number of hydrogen-bond donors (Lipinski definition) is 2. The second-order valence-corrected chi connectivity index (χ2v) is 4.43. The zero-order valence-electron chi connectivity index (χ0n) is 10.7. The molecule has 1 aromatic rings. The normalized spacial score (nSPS) is 16.4. The standard InChI is InChI=1S/C13H17FN2O3/c1-9(17)11-8-10(14)2-3-12(11)19-7-6-16-5-4-15-13(16)18/h2-3,8-9,17H,4-7H2,1H3,(H,15,18)/t9-/m0/s1. The van der Waals surface area contributed by atoms with Crippen LogP contribution in [-0.2, 0) is 0 Å². The van der Waals surface area contributed by atoms with Crippen LogP contribution in [0.15, 0.2) is 18.2 Å². The van der Waals surface area contributed by atoms with Crippen LogP contribution in [0.3, 0.4) is 0 Å². The second-order valence-electron chi connectivity index (χ2n) is 4.43. The summed E-state index contributed by atoms with van der Waals surface area (Å²) in [6.07, 6.45) is -0.805. The highest BCUT2D eigenvalue weighted by atomic mass is 19.1. The Balaban J connectivity index is 1.93. The van der Waals surface area contributed by atoms with E-state index in [-0.39, 0.29) is 6.03 Å². The molecule has 2 rings (SSSR count). The molecular formula is C13H17FN2O3. The van der Waals surface area contributed by atoms with Crippen molar-refractivity contribution in [2.24, 2.45) is 0 Å². The van der Waals surface area contributed by atoms with Gasteiger partial charge in [-0.2, -0.15) is 0 Å². The molecule has 5 nitrogen and oxygen atoms in total. The van der Waals surface area contributed by atoms with E-state index in [4.69, 9.17) is 4.74 Å². The summed E-state index contributed by atoms with van der Waals surface area (Å²) >= 11 is 0. The number of aliphatic hydroxyl groups is 1. The number of nitrogens with one attached hydrogen (secondary N) is 1. The Bertz CT molecular complexity index is 465. The van der Waals surface area contributed by atoms with Gasteiger partial charge < -0.3 is 20.1 Å². The number of carbonyl (C=O) groups excluding carboxylic acids is 1. The molecule has 19 heavy (non-hydrogen) atoms. The van der Waals surface area contributed by atoms with Crippen molar-refractivity contribution in [1.82, 2.24) is 10.2 Å². The van der Waals surface area contributed by atoms with Gasteiger partial charge >= 0.3 is 6.03 Å². The predicted octanol–water partition coefficient (Wildman–Crippen LogP) is 1.28. The first-order chi connectivity index (χ1) is 9.08. The van der Waals surface area contributed by atoms with E-state index in [1.165, 1.54) is 18.2 Å². The van der Waals surface area contributed by atoms with Gasteiger partial charge in [0, 0.05) is 18.7 Å². The van der Waals surface area contributed by atoms with Gasteiger partial charge in [-0.3, -0.25) is 0 Å². The molecule has 1 saturated heterocycles. The van der Waals surface area contributed by atoms with E-state index in [9.17, 15) is 14.3 Å². The maximum atomic E-state index is 13.1. The lowest BCUT2D eigenvalue weighted by molar-refractivity contribution is 0.183. The molecule has 0 unspecified atom stereocenters. The number of amides is 2. The van der Waals surface area contributed by atoms with Crippen LogP contribution < -0.4 is 10.1 Å². The Kier molecular flexibility index (Phi) is 4.21. The number of benzene rings is 1. The Morgan fingerprint density at radius 3 is 3.00 bits per heavy atom. The van der Waals surface area contributed by atoms with Crippen LogP contribution in [0.2, 0.25) is 0 Å². The van der Waals surface area contributed by atoms with Gasteiger partial charge in [0.25, 0.3) is 0 Å². The van der Waals surface area contributed by atoms with Crippen molar-refractivity contribution in [2.45, 2.75) is 13.0 Å². The SMILES string of the molecule is C[C@H](O)c1cc(F)ccc1OCCN1CCNC1=O. The predicted molar refractivity (Wildman–Crippen MR) is 67.5 cm³/mol. The molecule has 1 aromatic carbocycles. The van der Waals surface area contributed by atoms with Crippen molar-refractivity contribution in [3.63, 3.8) is 0 Å². The van der Waals surface area contributed by atoms with Crippen molar-refractivity contribution in [1.29, 1.82) is 0 Å². The highest BCUT2D eigenvalue weighted by molar-refractivity contribution is 5.76. The second kappa shape index (κ2) is 5.88. The molecule has 1 fully saturated rings. The average molecular weight is 268 g/mol. The Hall–Kier alpha value is -1.82. The zero-order chi connectivity index (χ0) is 13.8. The molecule has 1 heterocycles.